The molecule has 6 nitrogen and oxygen atoms in total. The molecule has 27 heavy (non-hydrogen) atoms. The topological polar surface area (TPSA) is 59.4 Å². The number of aromatic nitrogens is 2. The number of amides is 1. The van der Waals surface area contributed by atoms with Crippen molar-refractivity contribution in [2.24, 2.45) is 0 Å². The van der Waals surface area contributed by atoms with Crippen molar-refractivity contribution in [3.63, 3.8) is 0 Å². The van der Waals surface area contributed by atoms with Gasteiger partial charge >= 0.3 is 0 Å². The van der Waals surface area contributed by atoms with E-state index in [1.165, 1.54) is 28.3 Å². The third kappa shape index (κ3) is 4.59. The van der Waals surface area contributed by atoms with E-state index in [9.17, 15) is 4.79 Å². The van der Waals surface area contributed by atoms with Gasteiger partial charge in [0.05, 0.1) is 30.6 Å². The molecule has 4 heterocycles. The van der Waals surface area contributed by atoms with Crippen LogP contribution in [-0.2, 0) is 35.7 Å². The first-order valence-electron chi connectivity index (χ1n) is 9.96. The van der Waals surface area contributed by atoms with Crippen LogP contribution in [0.25, 0.3) is 0 Å². The summed E-state index contributed by atoms with van der Waals surface area (Å²) in [5.41, 5.74) is 2.18. The van der Waals surface area contributed by atoms with Crippen LogP contribution in [0.3, 0.4) is 0 Å². The lowest BCUT2D eigenvalue weighted by atomic mass is 10.1. The van der Waals surface area contributed by atoms with E-state index in [0.29, 0.717) is 19.1 Å². The zero-order valence-electron chi connectivity index (χ0n) is 15.9. The Bertz CT molecular complexity index is 779. The fourth-order valence-electron chi connectivity index (χ4n) is 3.75. The molecule has 1 atom stereocenters. The summed E-state index contributed by atoms with van der Waals surface area (Å²) in [4.78, 5) is 16.7. The molecule has 0 saturated carbocycles. The molecule has 146 valence electrons. The van der Waals surface area contributed by atoms with Crippen molar-refractivity contribution >= 4 is 17.2 Å². The Hall–Kier alpha value is -1.70. The van der Waals surface area contributed by atoms with Crippen LogP contribution >= 0.6 is 11.3 Å². The molecule has 0 aliphatic carbocycles. The predicted octanol–water partition coefficient (Wildman–Crippen LogP) is 3.23. The molecule has 0 bridgehead atoms. The third-order valence-electron chi connectivity index (χ3n) is 5.27. The van der Waals surface area contributed by atoms with Gasteiger partial charge in [0.1, 0.15) is 0 Å². The summed E-state index contributed by atoms with van der Waals surface area (Å²) in [7, 11) is 0. The Kier molecular flexibility index (Phi) is 5.90. The highest BCUT2D eigenvalue weighted by molar-refractivity contribution is 7.12. The van der Waals surface area contributed by atoms with Gasteiger partial charge in [0.2, 0.25) is 5.91 Å². The van der Waals surface area contributed by atoms with E-state index >= 15 is 0 Å². The van der Waals surface area contributed by atoms with Gasteiger partial charge in [-0.3, -0.25) is 14.4 Å². The molecule has 0 aromatic carbocycles. The van der Waals surface area contributed by atoms with Crippen molar-refractivity contribution in [1.82, 2.24) is 20.0 Å². The molecule has 0 unspecified atom stereocenters. The van der Waals surface area contributed by atoms with E-state index in [-0.39, 0.29) is 5.91 Å². The van der Waals surface area contributed by atoms with Gasteiger partial charge in [-0.05, 0) is 37.5 Å². The minimum absolute atomic E-state index is 0.0676. The highest BCUT2D eigenvalue weighted by atomic mass is 32.1. The van der Waals surface area contributed by atoms with E-state index in [0.717, 1.165) is 44.9 Å². The van der Waals surface area contributed by atoms with Crippen LogP contribution in [0.1, 0.15) is 59.9 Å². The molecule has 7 heteroatoms. The smallest absolute Gasteiger partial charge is 0.220 e. The quantitative estimate of drug-likeness (QED) is 0.825. The van der Waals surface area contributed by atoms with Gasteiger partial charge in [0.15, 0.2) is 0 Å². The summed E-state index contributed by atoms with van der Waals surface area (Å²) < 4.78 is 8.00. The highest BCUT2D eigenvalue weighted by Crippen LogP contribution is 2.33. The normalized spacial score (nSPS) is 20.4. The summed E-state index contributed by atoms with van der Waals surface area (Å²) in [6, 6.07) is 6.63. The van der Waals surface area contributed by atoms with Crippen LogP contribution in [-0.4, -0.2) is 33.7 Å². The molecule has 1 saturated heterocycles. The molecule has 1 amide bonds. The maximum Gasteiger partial charge on any atom is 0.220 e. The fourth-order valence-corrected chi connectivity index (χ4v) is 4.89. The molecular weight excluding hydrogens is 360 g/mol. The second-order valence-electron chi connectivity index (χ2n) is 7.35. The molecule has 4 rings (SSSR count). The van der Waals surface area contributed by atoms with Crippen LogP contribution in [0.15, 0.2) is 18.2 Å². The van der Waals surface area contributed by atoms with E-state index in [4.69, 9.17) is 4.74 Å². The first-order chi connectivity index (χ1) is 13.2. The van der Waals surface area contributed by atoms with Crippen LogP contribution < -0.4 is 5.32 Å². The Morgan fingerprint density at radius 3 is 3.11 bits per heavy atom. The van der Waals surface area contributed by atoms with Gasteiger partial charge in [-0.1, -0.05) is 6.92 Å². The number of fused-ring (bicyclic) bond motifs is 1. The summed E-state index contributed by atoms with van der Waals surface area (Å²) in [6.07, 6.45) is 4.44. The van der Waals surface area contributed by atoms with Gasteiger partial charge in [-0.15, -0.1) is 11.3 Å². The number of carbonyl (C=O) groups excluding carboxylic acids is 1. The molecule has 2 aliphatic heterocycles. The fraction of sp³-hybridized carbons (Fsp3) is 0.600. The Morgan fingerprint density at radius 1 is 1.37 bits per heavy atom. The number of hydrogen-bond donors (Lipinski definition) is 1. The lowest BCUT2D eigenvalue weighted by Crippen LogP contribution is -2.33. The van der Waals surface area contributed by atoms with E-state index < -0.39 is 0 Å². The third-order valence-corrected chi connectivity index (χ3v) is 6.44. The second kappa shape index (κ2) is 8.54. The lowest BCUT2D eigenvalue weighted by Gasteiger charge is -2.27. The minimum atomic E-state index is 0.0676. The van der Waals surface area contributed by atoms with Crippen LogP contribution in [0, 0.1) is 0 Å². The number of ether oxygens (including phenoxy) is 1. The molecule has 1 N–H and O–H groups in total. The van der Waals surface area contributed by atoms with Crippen LogP contribution in [0.5, 0.6) is 0 Å². The van der Waals surface area contributed by atoms with Gasteiger partial charge in [-0.25, -0.2) is 0 Å². The maximum atomic E-state index is 11.4. The Morgan fingerprint density at radius 2 is 2.30 bits per heavy atom. The van der Waals surface area contributed by atoms with Gasteiger partial charge in [0, 0.05) is 42.4 Å². The molecule has 2 aliphatic rings. The summed E-state index contributed by atoms with van der Waals surface area (Å²) in [5, 5.41) is 7.53. The summed E-state index contributed by atoms with van der Waals surface area (Å²) >= 11 is 1.90. The van der Waals surface area contributed by atoms with Gasteiger partial charge in [-0.2, -0.15) is 5.10 Å². The largest absolute Gasteiger partial charge is 0.373 e. The second-order valence-corrected chi connectivity index (χ2v) is 8.55. The summed E-state index contributed by atoms with van der Waals surface area (Å²) in [6.45, 7) is 7.06. The summed E-state index contributed by atoms with van der Waals surface area (Å²) in [5.74, 6) is 0.0676. The van der Waals surface area contributed by atoms with Gasteiger partial charge in [0.25, 0.3) is 0 Å². The van der Waals surface area contributed by atoms with Gasteiger partial charge < -0.3 is 10.1 Å². The van der Waals surface area contributed by atoms with E-state index in [2.05, 4.69) is 38.2 Å². The van der Waals surface area contributed by atoms with Crippen molar-refractivity contribution in [1.29, 1.82) is 0 Å². The first kappa shape index (κ1) is 18.7. The van der Waals surface area contributed by atoms with Crippen molar-refractivity contribution in [2.45, 2.75) is 64.9 Å². The monoisotopic (exact) mass is 388 g/mol. The molecule has 1 fully saturated rings. The number of rotatable bonds is 6. The van der Waals surface area contributed by atoms with E-state index in [1.807, 2.05) is 18.3 Å². The number of nitrogens with zero attached hydrogens (tertiary/aromatic N) is 3. The molecule has 0 spiro atoms. The maximum absolute atomic E-state index is 11.4. The van der Waals surface area contributed by atoms with Crippen molar-refractivity contribution in [3.05, 3.63) is 39.3 Å². The minimum Gasteiger partial charge on any atom is -0.373 e. The number of thiophene rings is 1. The first-order valence-corrected chi connectivity index (χ1v) is 10.8. The molecule has 2 aromatic heterocycles. The Labute approximate surface area is 164 Å². The van der Waals surface area contributed by atoms with E-state index in [1.54, 1.807) is 0 Å². The van der Waals surface area contributed by atoms with Crippen molar-refractivity contribution in [3.8, 4) is 0 Å². The Balaban J connectivity index is 1.33. The SMILES string of the molecule is CCC(=O)NCc1cc2n(n1)CCN(Cc1ccc([C@H]3CCCCO3)s1)C2. The van der Waals surface area contributed by atoms with Crippen LogP contribution in [0.2, 0.25) is 0 Å². The lowest BCUT2D eigenvalue weighted by molar-refractivity contribution is -0.120. The zero-order valence-corrected chi connectivity index (χ0v) is 16.8. The van der Waals surface area contributed by atoms with Crippen LogP contribution in [0.4, 0.5) is 0 Å². The predicted molar refractivity (Wildman–Crippen MR) is 105 cm³/mol. The van der Waals surface area contributed by atoms with Crippen molar-refractivity contribution in [2.75, 3.05) is 13.2 Å². The zero-order chi connectivity index (χ0) is 18.6. The molecule has 2 aromatic rings. The number of nitrogens with one attached hydrogen (secondary N) is 1. The van der Waals surface area contributed by atoms with Crippen molar-refractivity contribution < 1.29 is 9.53 Å². The number of carbonyl (C=O) groups is 1. The average Bonchev–Trinajstić information content (AvgIpc) is 3.33. The average molecular weight is 389 g/mol. The molecular formula is C20H28N4O2S. The standard InChI is InChI=1S/C20H28N4O2S/c1-2-20(25)21-12-15-11-16-13-23(8-9-24(16)22-15)14-17-6-7-19(27-17)18-5-3-4-10-26-18/h6-7,11,18H,2-5,8-10,12-14H2,1H3,(H,21,25)/t18-/m1/s1. The number of hydrogen-bond acceptors (Lipinski definition) is 5. The highest BCUT2D eigenvalue weighted by Gasteiger charge is 2.21. The molecule has 0 radical (unpaired) electrons.